The molecule has 1 aliphatic carbocycles. The van der Waals surface area contributed by atoms with Gasteiger partial charge in [-0.05, 0) is 55.3 Å². The van der Waals surface area contributed by atoms with Gasteiger partial charge in [0.15, 0.2) is 0 Å². The minimum absolute atomic E-state index is 0.116. The van der Waals surface area contributed by atoms with Crippen molar-refractivity contribution < 1.29 is 32.6 Å². The molecule has 1 heterocycles. The summed E-state index contributed by atoms with van der Waals surface area (Å²) in [7, 11) is 3.15. The van der Waals surface area contributed by atoms with E-state index in [4.69, 9.17) is 9.47 Å². The van der Waals surface area contributed by atoms with Crippen LogP contribution in [0.3, 0.4) is 0 Å². The van der Waals surface area contributed by atoms with Crippen LogP contribution in [0.4, 0.5) is 30.8 Å². The molecule has 0 saturated heterocycles. The molecule has 0 radical (unpaired) electrons. The summed E-state index contributed by atoms with van der Waals surface area (Å²) in [6, 6.07) is 11.7. The minimum Gasteiger partial charge on any atom is -0.457 e. The van der Waals surface area contributed by atoms with E-state index in [0.717, 1.165) is 6.07 Å². The number of urea groups is 1. The average molecular weight is 540 g/mol. The zero-order chi connectivity index (χ0) is 28.0. The molecule has 0 unspecified atom stereocenters. The number of ether oxygens (including phenoxy) is 2. The van der Waals surface area contributed by atoms with Gasteiger partial charge in [-0.25, -0.2) is 18.6 Å². The first-order valence-electron chi connectivity index (χ1n) is 12.0. The molecule has 12 heteroatoms. The van der Waals surface area contributed by atoms with Crippen molar-refractivity contribution in [2.24, 2.45) is 5.41 Å². The Hall–Kier alpha value is -4.58. The van der Waals surface area contributed by atoms with E-state index in [1.807, 2.05) is 0 Å². The predicted octanol–water partition coefficient (Wildman–Crippen LogP) is 4.62. The van der Waals surface area contributed by atoms with Crippen LogP contribution in [0.25, 0.3) is 0 Å². The van der Waals surface area contributed by atoms with Crippen molar-refractivity contribution in [1.82, 2.24) is 9.88 Å². The normalized spacial score (nSPS) is 13.2. The molecule has 1 aliphatic rings. The summed E-state index contributed by atoms with van der Waals surface area (Å²) in [6.45, 7) is 0.771. The fourth-order valence-corrected chi connectivity index (χ4v) is 3.58. The summed E-state index contributed by atoms with van der Waals surface area (Å²) < 4.78 is 38.6. The summed E-state index contributed by atoms with van der Waals surface area (Å²) in [5.41, 5.74) is -1.09. The van der Waals surface area contributed by atoms with E-state index in [9.17, 15) is 23.2 Å². The first-order valence-corrected chi connectivity index (χ1v) is 12.0. The van der Waals surface area contributed by atoms with E-state index >= 15 is 0 Å². The van der Waals surface area contributed by atoms with Gasteiger partial charge in [0.2, 0.25) is 11.8 Å². The van der Waals surface area contributed by atoms with Gasteiger partial charge in [0, 0.05) is 44.7 Å². The van der Waals surface area contributed by atoms with Gasteiger partial charge in [-0.3, -0.25) is 14.9 Å². The van der Waals surface area contributed by atoms with Gasteiger partial charge in [0.1, 0.15) is 34.4 Å². The highest BCUT2D eigenvalue weighted by Gasteiger charge is 2.56. The summed E-state index contributed by atoms with van der Waals surface area (Å²) in [6.07, 6.45) is 2.03. The number of rotatable bonds is 10. The fraction of sp³-hybridized carbons (Fsp3) is 0.259. The van der Waals surface area contributed by atoms with Crippen LogP contribution in [0.15, 0.2) is 60.8 Å². The lowest BCUT2D eigenvalue weighted by Crippen LogP contribution is -2.35. The molecule has 0 aliphatic heterocycles. The lowest BCUT2D eigenvalue weighted by molar-refractivity contribution is -0.131. The Morgan fingerprint density at radius 3 is 2.31 bits per heavy atom. The van der Waals surface area contributed by atoms with Gasteiger partial charge >= 0.3 is 6.03 Å². The first-order chi connectivity index (χ1) is 18.7. The van der Waals surface area contributed by atoms with E-state index in [0.29, 0.717) is 37.4 Å². The first kappa shape index (κ1) is 27.5. The maximum Gasteiger partial charge on any atom is 0.322 e. The molecule has 1 saturated carbocycles. The maximum absolute atomic E-state index is 14.8. The number of carbonyl (C=O) groups is 3. The number of hydrogen-bond acceptors (Lipinski definition) is 6. The van der Waals surface area contributed by atoms with Crippen LogP contribution >= 0.6 is 0 Å². The molecular formula is C27H27F2N5O5. The van der Waals surface area contributed by atoms with Gasteiger partial charge in [0.05, 0.1) is 12.3 Å². The molecular weight excluding hydrogens is 512 g/mol. The Kier molecular flexibility index (Phi) is 8.35. The molecule has 204 valence electrons. The molecule has 1 fully saturated rings. The lowest BCUT2D eigenvalue weighted by atomic mass is 10.0. The van der Waals surface area contributed by atoms with Crippen LogP contribution in [0.1, 0.15) is 12.8 Å². The van der Waals surface area contributed by atoms with Crippen molar-refractivity contribution in [3.63, 3.8) is 0 Å². The number of methoxy groups -OCH3 is 1. The number of pyridine rings is 1. The molecule has 2 aromatic carbocycles. The van der Waals surface area contributed by atoms with Crippen molar-refractivity contribution in [3.05, 3.63) is 72.4 Å². The van der Waals surface area contributed by atoms with E-state index in [1.54, 1.807) is 7.05 Å². The van der Waals surface area contributed by atoms with Gasteiger partial charge in [0.25, 0.3) is 0 Å². The van der Waals surface area contributed by atoms with Crippen molar-refractivity contribution in [1.29, 1.82) is 0 Å². The quantitative estimate of drug-likeness (QED) is 0.323. The van der Waals surface area contributed by atoms with Crippen LogP contribution in [0, 0.1) is 17.0 Å². The molecule has 4 amide bonds. The Balaban J connectivity index is 1.36. The molecule has 0 bridgehead atoms. The third-order valence-electron chi connectivity index (χ3n) is 6.09. The van der Waals surface area contributed by atoms with Crippen molar-refractivity contribution >= 4 is 35.0 Å². The molecule has 1 aromatic heterocycles. The van der Waals surface area contributed by atoms with Crippen LogP contribution in [0.2, 0.25) is 0 Å². The second-order valence-corrected chi connectivity index (χ2v) is 8.96. The van der Waals surface area contributed by atoms with Crippen molar-refractivity contribution in [3.8, 4) is 11.5 Å². The fourth-order valence-electron chi connectivity index (χ4n) is 3.58. The molecule has 10 nitrogen and oxygen atoms in total. The zero-order valence-corrected chi connectivity index (χ0v) is 21.3. The Labute approximate surface area is 223 Å². The lowest BCUT2D eigenvalue weighted by Gasteiger charge is -2.17. The van der Waals surface area contributed by atoms with Crippen molar-refractivity contribution in [2.45, 2.75) is 12.8 Å². The average Bonchev–Trinajstić information content (AvgIpc) is 3.73. The Morgan fingerprint density at radius 1 is 0.949 bits per heavy atom. The van der Waals surface area contributed by atoms with Crippen LogP contribution < -0.4 is 20.7 Å². The third kappa shape index (κ3) is 6.85. The molecule has 0 spiro atoms. The van der Waals surface area contributed by atoms with Gasteiger partial charge in [-0.15, -0.1) is 0 Å². The number of aromatic nitrogens is 1. The molecule has 39 heavy (non-hydrogen) atoms. The Bertz CT molecular complexity index is 1360. The molecule has 3 N–H and O–H groups in total. The number of nitrogens with zero attached hydrogens (tertiary/aromatic N) is 2. The second-order valence-electron chi connectivity index (χ2n) is 8.96. The standard InChI is InChI=1S/C27H27F2N5O5/c1-34(13-14-38-2)26(37)33-23-16-20(9-12-30-23)39-19-7-8-22(21(29)15-19)32-25(36)27(10-11-27)24(35)31-18-5-3-17(28)4-6-18/h3-9,12,15-16H,10-11,13-14H2,1-2H3,(H,31,35)(H,32,36)(H,30,33,37). The number of nitrogens with one attached hydrogen (secondary N) is 3. The Morgan fingerprint density at radius 2 is 1.64 bits per heavy atom. The highest BCUT2D eigenvalue weighted by molar-refractivity contribution is 6.16. The van der Waals surface area contributed by atoms with Gasteiger partial charge < -0.3 is 25.0 Å². The van der Waals surface area contributed by atoms with Gasteiger partial charge in [-0.1, -0.05) is 0 Å². The third-order valence-corrected chi connectivity index (χ3v) is 6.09. The van der Waals surface area contributed by atoms with E-state index in [-0.39, 0.29) is 23.3 Å². The second kappa shape index (κ2) is 11.9. The summed E-state index contributed by atoms with van der Waals surface area (Å²) >= 11 is 0. The maximum atomic E-state index is 14.8. The molecule has 0 atom stereocenters. The SMILES string of the molecule is COCCN(C)C(=O)Nc1cc(Oc2ccc(NC(=O)C3(C(=O)Nc4ccc(F)cc4)CC3)c(F)c2)ccn1. The predicted molar refractivity (Wildman–Crippen MR) is 140 cm³/mol. The van der Waals surface area contributed by atoms with Crippen molar-refractivity contribution in [2.75, 3.05) is 43.3 Å². The highest BCUT2D eigenvalue weighted by atomic mass is 19.1. The number of likely N-dealkylation sites (N-methyl/N-ethyl adjacent to an activating group) is 1. The smallest absolute Gasteiger partial charge is 0.322 e. The van der Waals surface area contributed by atoms with E-state index in [2.05, 4.69) is 20.9 Å². The number of hydrogen-bond donors (Lipinski definition) is 3. The van der Waals surface area contributed by atoms with Crippen LogP contribution in [-0.4, -0.2) is 55.0 Å². The number of benzene rings is 2. The minimum atomic E-state index is -1.33. The topological polar surface area (TPSA) is 122 Å². The molecule has 4 rings (SSSR count). The number of carbonyl (C=O) groups excluding carboxylic acids is 3. The largest absolute Gasteiger partial charge is 0.457 e. The van der Waals surface area contributed by atoms with Crippen LogP contribution in [-0.2, 0) is 14.3 Å². The number of amides is 4. The number of halogens is 2. The summed E-state index contributed by atoms with van der Waals surface area (Å²) in [5, 5.41) is 7.71. The van der Waals surface area contributed by atoms with E-state index < -0.39 is 28.9 Å². The van der Waals surface area contributed by atoms with Crippen LogP contribution in [0.5, 0.6) is 11.5 Å². The van der Waals surface area contributed by atoms with Gasteiger partial charge in [-0.2, -0.15) is 0 Å². The molecule has 3 aromatic rings. The summed E-state index contributed by atoms with van der Waals surface area (Å²) in [4.78, 5) is 43.3. The monoisotopic (exact) mass is 539 g/mol. The number of anilines is 3. The zero-order valence-electron chi connectivity index (χ0n) is 21.3. The highest BCUT2D eigenvalue weighted by Crippen LogP contribution is 2.47. The summed E-state index contributed by atoms with van der Waals surface area (Å²) in [5.74, 6) is -1.73. The van der Waals surface area contributed by atoms with E-state index in [1.165, 1.54) is 66.7 Å².